The first-order valence-corrected chi connectivity index (χ1v) is 5.98. The molecule has 0 amide bonds. The van der Waals surface area contributed by atoms with Gasteiger partial charge in [-0.3, -0.25) is 0 Å². The quantitative estimate of drug-likeness (QED) is 0.926. The number of nitrogens with one attached hydrogen (secondary N) is 1. The molecule has 0 fully saturated rings. The van der Waals surface area contributed by atoms with E-state index in [4.69, 9.17) is 9.68 Å². The molecule has 0 spiro atoms. The number of furan rings is 1. The van der Waals surface area contributed by atoms with Crippen molar-refractivity contribution in [3.8, 4) is 6.07 Å². The van der Waals surface area contributed by atoms with Gasteiger partial charge in [-0.1, -0.05) is 15.9 Å². The van der Waals surface area contributed by atoms with Gasteiger partial charge in [0.05, 0.1) is 29.8 Å². The summed E-state index contributed by atoms with van der Waals surface area (Å²) < 4.78 is 5.94. The van der Waals surface area contributed by atoms with Crippen molar-refractivity contribution < 1.29 is 4.42 Å². The summed E-state index contributed by atoms with van der Waals surface area (Å²) in [6.45, 7) is 2.02. The lowest BCUT2D eigenvalue weighted by atomic mass is 10.1. The van der Waals surface area contributed by atoms with Crippen LogP contribution >= 0.6 is 15.9 Å². The van der Waals surface area contributed by atoms with E-state index < -0.39 is 0 Å². The van der Waals surface area contributed by atoms with Crippen LogP contribution in [0.25, 0.3) is 0 Å². The van der Waals surface area contributed by atoms with Gasteiger partial charge < -0.3 is 9.73 Å². The van der Waals surface area contributed by atoms with Crippen LogP contribution in [0.1, 0.15) is 24.1 Å². The molecule has 1 atom stereocenters. The van der Waals surface area contributed by atoms with Gasteiger partial charge in [0.2, 0.25) is 0 Å². The predicted molar refractivity (Wildman–Crippen MR) is 69.6 cm³/mol. The van der Waals surface area contributed by atoms with E-state index in [-0.39, 0.29) is 6.04 Å². The summed E-state index contributed by atoms with van der Waals surface area (Å²) in [5.74, 6) is 0. The third-order valence-corrected chi connectivity index (χ3v) is 3.01. The first-order chi connectivity index (χ1) is 8.20. The molecule has 17 heavy (non-hydrogen) atoms. The average Bonchev–Trinajstić information content (AvgIpc) is 2.85. The number of nitrogens with zero attached hydrogens (tertiary/aromatic N) is 1. The Bertz CT molecular complexity index is 543. The monoisotopic (exact) mass is 290 g/mol. The van der Waals surface area contributed by atoms with Crippen molar-refractivity contribution >= 4 is 21.6 Å². The normalized spacial score (nSPS) is 11.8. The molecule has 0 saturated carbocycles. The minimum atomic E-state index is 0.0991. The van der Waals surface area contributed by atoms with E-state index in [9.17, 15) is 0 Å². The second-order valence-corrected chi connectivity index (χ2v) is 4.64. The average molecular weight is 291 g/mol. The highest BCUT2D eigenvalue weighted by molar-refractivity contribution is 9.10. The van der Waals surface area contributed by atoms with Crippen LogP contribution in [0.4, 0.5) is 5.69 Å². The Kier molecular flexibility index (Phi) is 3.50. The van der Waals surface area contributed by atoms with Crippen LogP contribution < -0.4 is 5.32 Å². The summed E-state index contributed by atoms with van der Waals surface area (Å²) in [4.78, 5) is 0. The summed E-state index contributed by atoms with van der Waals surface area (Å²) in [5.41, 5.74) is 2.50. The maximum Gasteiger partial charge on any atom is 0.101 e. The zero-order chi connectivity index (χ0) is 12.3. The molecule has 1 aromatic carbocycles. The van der Waals surface area contributed by atoms with E-state index in [0.717, 1.165) is 15.7 Å². The molecule has 3 nitrogen and oxygen atoms in total. The van der Waals surface area contributed by atoms with E-state index in [2.05, 4.69) is 27.3 Å². The molecule has 0 radical (unpaired) electrons. The molecule has 0 bridgehead atoms. The number of nitriles is 1. The van der Waals surface area contributed by atoms with E-state index in [1.165, 1.54) is 0 Å². The Morgan fingerprint density at radius 3 is 2.88 bits per heavy atom. The summed E-state index contributed by atoms with van der Waals surface area (Å²) in [5, 5.41) is 12.3. The summed E-state index contributed by atoms with van der Waals surface area (Å²) in [7, 11) is 0. The number of rotatable bonds is 3. The molecular weight excluding hydrogens is 280 g/mol. The van der Waals surface area contributed by atoms with Crippen LogP contribution in [0.15, 0.2) is 45.7 Å². The fourth-order valence-electron chi connectivity index (χ4n) is 1.57. The van der Waals surface area contributed by atoms with E-state index in [1.807, 2.05) is 25.1 Å². The molecule has 0 aliphatic carbocycles. The van der Waals surface area contributed by atoms with Gasteiger partial charge in [-0.15, -0.1) is 0 Å². The highest BCUT2D eigenvalue weighted by Crippen LogP contribution is 2.24. The van der Waals surface area contributed by atoms with Crippen molar-refractivity contribution in [2.45, 2.75) is 13.0 Å². The van der Waals surface area contributed by atoms with E-state index >= 15 is 0 Å². The van der Waals surface area contributed by atoms with Crippen LogP contribution in [0.3, 0.4) is 0 Å². The van der Waals surface area contributed by atoms with Crippen LogP contribution in [0.5, 0.6) is 0 Å². The lowest BCUT2D eigenvalue weighted by molar-refractivity contribution is 0.562. The minimum absolute atomic E-state index is 0.0991. The lowest BCUT2D eigenvalue weighted by Gasteiger charge is -2.14. The van der Waals surface area contributed by atoms with Crippen LogP contribution in [-0.4, -0.2) is 0 Å². The standard InChI is InChI=1S/C13H11BrN2O/c1-9(10-4-5-17-8-10)16-13-3-2-12(14)6-11(13)7-15/h2-6,8-9,16H,1H3. The molecular formula is C13H11BrN2O. The molecule has 1 N–H and O–H groups in total. The molecule has 1 aromatic heterocycles. The molecule has 86 valence electrons. The first kappa shape index (κ1) is 11.7. The van der Waals surface area contributed by atoms with Gasteiger partial charge in [-0.2, -0.15) is 5.26 Å². The highest BCUT2D eigenvalue weighted by Gasteiger charge is 2.09. The largest absolute Gasteiger partial charge is 0.472 e. The third-order valence-electron chi connectivity index (χ3n) is 2.52. The maximum absolute atomic E-state index is 9.06. The van der Waals surface area contributed by atoms with Gasteiger partial charge in [0.15, 0.2) is 0 Å². The topological polar surface area (TPSA) is 49.0 Å². The van der Waals surface area contributed by atoms with Crippen molar-refractivity contribution in [2.75, 3.05) is 5.32 Å². The van der Waals surface area contributed by atoms with Gasteiger partial charge in [-0.05, 0) is 31.2 Å². The fourth-order valence-corrected chi connectivity index (χ4v) is 1.93. The summed E-state index contributed by atoms with van der Waals surface area (Å²) >= 11 is 3.35. The fraction of sp³-hybridized carbons (Fsp3) is 0.154. The first-order valence-electron chi connectivity index (χ1n) is 5.19. The second kappa shape index (κ2) is 5.07. The molecule has 0 saturated heterocycles. The molecule has 0 aliphatic rings. The number of halogens is 1. The molecule has 1 heterocycles. The van der Waals surface area contributed by atoms with Gasteiger partial charge >= 0.3 is 0 Å². The summed E-state index contributed by atoms with van der Waals surface area (Å²) in [6, 6.07) is 9.77. The number of benzene rings is 1. The Morgan fingerprint density at radius 2 is 2.24 bits per heavy atom. The van der Waals surface area contributed by atoms with E-state index in [0.29, 0.717) is 5.56 Å². The molecule has 2 rings (SSSR count). The Balaban J connectivity index is 2.22. The molecule has 4 heteroatoms. The Labute approximate surface area is 108 Å². The van der Waals surface area contributed by atoms with Crippen LogP contribution in [0.2, 0.25) is 0 Å². The third kappa shape index (κ3) is 2.69. The van der Waals surface area contributed by atoms with Gasteiger partial charge in [-0.25, -0.2) is 0 Å². The smallest absolute Gasteiger partial charge is 0.101 e. The van der Waals surface area contributed by atoms with E-state index in [1.54, 1.807) is 18.6 Å². The van der Waals surface area contributed by atoms with Gasteiger partial charge in [0.25, 0.3) is 0 Å². The number of hydrogen-bond acceptors (Lipinski definition) is 3. The second-order valence-electron chi connectivity index (χ2n) is 3.72. The lowest BCUT2D eigenvalue weighted by Crippen LogP contribution is -2.06. The molecule has 0 aliphatic heterocycles. The number of hydrogen-bond donors (Lipinski definition) is 1. The SMILES string of the molecule is CC(Nc1ccc(Br)cc1C#N)c1ccoc1. The van der Waals surface area contributed by atoms with Crippen molar-refractivity contribution in [3.63, 3.8) is 0 Å². The van der Waals surface area contributed by atoms with Crippen molar-refractivity contribution in [1.29, 1.82) is 5.26 Å². The summed E-state index contributed by atoms with van der Waals surface area (Å²) in [6.07, 6.45) is 3.34. The van der Waals surface area contributed by atoms with Gasteiger partial charge in [0.1, 0.15) is 6.07 Å². The molecule has 1 unspecified atom stereocenters. The van der Waals surface area contributed by atoms with Crippen molar-refractivity contribution in [2.24, 2.45) is 0 Å². The Morgan fingerprint density at radius 1 is 1.41 bits per heavy atom. The zero-order valence-electron chi connectivity index (χ0n) is 9.27. The van der Waals surface area contributed by atoms with Crippen molar-refractivity contribution in [3.05, 3.63) is 52.4 Å². The zero-order valence-corrected chi connectivity index (χ0v) is 10.9. The minimum Gasteiger partial charge on any atom is -0.472 e. The predicted octanol–water partition coefficient (Wildman–Crippen LogP) is 4.09. The van der Waals surface area contributed by atoms with Crippen LogP contribution in [0, 0.1) is 11.3 Å². The van der Waals surface area contributed by atoms with Gasteiger partial charge in [0, 0.05) is 10.0 Å². The molecule has 2 aromatic rings. The Hall–Kier alpha value is -1.73. The van der Waals surface area contributed by atoms with Crippen molar-refractivity contribution in [1.82, 2.24) is 0 Å². The highest BCUT2D eigenvalue weighted by atomic mass is 79.9. The van der Waals surface area contributed by atoms with Crippen LogP contribution in [-0.2, 0) is 0 Å². The maximum atomic E-state index is 9.06. The number of anilines is 1.